The molecule has 2 aromatic heterocycles. The van der Waals surface area contributed by atoms with E-state index in [9.17, 15) is 4.79 Å². The lowest BCUT2D eigenvalue weighted by atomic mass is 9.98. The van der Waals surface area contributed by atoms with Crippen molar-refractivity contribution in [2.24, 2.45) is 0 Å². The molecule has 138 valence electrons. The first-order valence-electron chi connectivity index (χ1n) is 9.04. The number of aromatic nitrogens is 2. The van der Waals surface area contributed by atoms with E-state index in [0.717, 1.165) is 28.1 Å². The van der Waals surface area contributed by atoms with Crippen LogP contribution in [-0.4, -0.2) is 15.9 Å². The van der Waals surface area contributed by atoms with E-state index in [0.29, 0.717) is 18.2 Å². The summed E-state index contributed by atoms with van der Waals surface area (Å²) in [5.74, 6) is 0.122. The summed E-state index contributed by atoms with van der Waals surface area (Å²) in [5.41, 5.74) is 5.37. The Labute approximate surface area is 159 Å². The topological polar surface area (TPSA) is 66.9 Å². The number of rotatable bonds is 6. The SMILES string of the molecule is Cc1cccc(C(C)C)c1NC(=O)c1ccc(NCc2cccnc2)cn1. The summed E-state index contributed by atoms with van der Waals surface area (Å²) in [4.78, 5) is 21.0. The van der Waals surface area contributed by atoms with Gasteiger partial charge in [0.2, 0.25) is 0 Å². The molecule has 1 amide bonds. The molecule has 0 unspecified atom stereocenters. The number of nitrogens with zero attached hydrogens (tertiary/aromatic N) is 2. The second kappa shape index (κ2) is 8.45. The number of hydrogen-bond donors (Lipinski definition) is 2. The Kier molecular flexibility index (Phi) is 5.81. The van der Waals surface area contributed by atoms with Crippen molar-refractivity contribution in [3.05, 3.63) is 83.4 Å². The van der Waals surface area contributed by atoms with Crippen LogP contribution in [0.15, 0.2) is 61.1 Å². The van der Waals surface area contributed by atoms with Crippen LogP contribution in [0.5, 0.6) is 0 Å². The summed E-state index contributed by atoms with van der Waals surface area (Å²) in [6.45, 7) is 6.89. The van der Waals surface area contributed by atoms with Crippen molar-refractivity contribution in [1.82, 2.24) is 9.97 Å². The Bertz CT molecular complexity index is 905. The standard InChI is InChI=1S/C22H24N4O/c1-15(2)19-8-4-6-16(3)21(19)26-22(27)20-10-9-18(14-25-20)24-13-17-7-5-11-23-12-17/h4-12,14-15,24H,13H2,1-3H3,(H,26,27). The number of pyridine rings is 2. The summed E-state index contributed by atoms with van der Waals surface area (Å²) < 4.78 is 0. The van der Waals surface area contributed by atoms with E-state index in [2.05, 4.69) is 34.4 Å². The average molecular weight is 360 g/mol. The molecule has 3 aromatic rings. The van der Waals surface area contributed by atoms with Crippen molar-refractivity contribution in [3.63, 3.8) is 0 Å². The van der Waals surface area contributed by atoms with Crippen LogP contribution >= 0.6 is 0 Å². The van der Waals surface area contributed by atoms with Gasteiger partial charge < -0.3 is 10.6 Å². The molecular formula is C22H24N4O. The van der Waals surface area contributed by atoms with Gasteiger partial charge in [-0.3, -0.25) is 9.78 Å². The fourth-order valence-corrected chi connectivity index (χ4v) is 2.86. The van der Waals surface area contributed by atoms with Crippen molar-refractivity contribution in [2.45, 2.75) is 33.2 Å². The zero-order chi connectivity index (χ0) is 19.2. The van der Waals surface area contributed by atoms with Crippen LogP contribution < -0.4 is 10.6 Å². The third-order valence-electron chi connectivity index (χ3n) is 4.38. The minimum absolute atomic E-state index is 0.204. The lowest BCUT2D eigenvalue weighted by Crippen LogP contribution is -2.16. The van der Waals surface area contributed by atoms with E-state index in [1.807, 2.05) is 49.5 Å². The van der Waals surface area contributed by atoms with E-state index in [1.54, 1.807) is 18.5 Å². The summed E-state index contributed by atoms with van der Waals surface area (Å²) >= 11 is 0. The molecule has 5 heteroatoms. The Morgan fingerprint density at radius 1 is 1.07 bits per heavy atom. The largest absolute Gasteiger partial charge is 0.380 e. The minimum atomic E-state index is -0.204. The number of amides is 1. The molecule has 0 saturated carbocycles. The Balaban J connectivity index is 1.68. The van der Waals surface area contributed by atoms with E-state index in [4.69, 9.17) is 0 Å². The predicted molar refractivity (Wildman–Crippen MR) is 109 cm³/mol. The van der Waals surface area contributed by atoms with Gasteiger partial charge in [-0.2, -0.15) is 0 Å². The third kappa shape index (κ3) is 4.70. The van der Waals surface area contributed by atoms with Gasteiger partial charge in [-0.25, -0.2) is 4.98 Å². The molecule has 27 heavy (non-hydrogen) atoms. The van der Waals surface area contributed by atoms with E-state index < -0.39 is 0 Å². The Morgan fingerprint density at radius 3 is 2.59 bits per heavy atom. The summed E-state index contributed by atoms with van der Waals surface area (Å²) in [6, 6.07) is 13.6. The predicted octanol–water partition coefficient (Wildman–Crippen LogP) is 4.77. The van der Waals surface area contributed by atoms with Gasteiger partial charge in [-0.05, 0) is 47.7 Å². The van der Waals surface area contributed by atoms with Gasteiger partial charge in [0.25, 0.3) is 5.91 Å². The fraction of sp³-hybridized carbons (Fsp3) is 0.227. The van der Waals surface area contributed by atoms with Gasteiger partial charge in [0.05, 0.1) is 11.9 Å². The first-order valence-corrected chi connectivity index (χ1v) is 9.04. The average Bonchev–Trinajstić information content (AvgIpc) is 2.69. The molecule has 0 spiro atoms. The summed E-state index contributed by atoms with van der Waals surface area (Å²) in [6.07, 6.45) is 5.24. The lowest BCUT2D eigenvalue weighted by molar-refractivity contribution is 0.102. The van der Waals surface area contributed by atoms with Gasteiger partial charge in [-0.1, -0.05) is 38.1 Å². The van der Waals surface area contributed by atoms with Gasteiger partial charge in [-0.15, -0.1) is 0 Å². The molecule has 0 saturated heterocycles. The van der Waals surface area contributed by atoms with Gasteiger partial charge in [0.1, 0.15) is 5.69 Å². The zero-order valence-electron chi connectivity index (χ0n) is 15.9. The number of hydrogen-bond acceptors (Lipinski definition) is 4. The molecule has 0 aliphatic carbocycles. The number of para-hydroxylation sites is 1. The maximum absolute atomic E-state index is 12.6. The molecule has 0 radical (unpaired) electrons. The van der Waals surface area contributed by atoms with Crippen LogP contribution in [0.25, 0.3) is 0 Å². The molecule has 0 fully saturated rings. The van der Waals surface area contributed by atoms with Gasteiger partial charge in [0.15, 0.2) is 0 Å². The third-order valence-corrected chi connectivity index (χ3v) is 4.38. The van der Waals surface area contributed by atoms with Crippen LogP contribution in [0.1, 0.15) is 46.9 Å². The molecule has 1 aromatic carbocycles. The molecule has 0 aliphatic rings. The Morgan fingerprint density at radius 2 is 1.93 bits per heavy atom. The molecule has 2 heterocycles. The van der Waals surface area contributed by atoms with E-state index in [-0.39, 0.29) is 5.91 Å². The van der Waals surface area contributed by atoms with Crippen molar-refractivity contribution in [1.29, 1.82) is 0 Å². The second-order valence-electron chi connectivity index (χ2n) is 6.79. The summed E-state index contributed by atoms with van der Waals surface area (Å²) in [7, 11) is 0. The normalized spacial score (nSPS) is 10.7. The minimum Gasteiger partial charge on any atom is -0.380 e. The highest BCUT2D eigenvalue weighted by molar-refractivity contribution is 6.03. The summed E-state index contributed by atoms with van der Waals surface area (Å²) in [5, 5.41) is 6.30. The number of carbonyl (C=O) groups is 1. The van der Waals surface area contributed by atoms with Crippen LogP contribution in [-0.2, 0) is 6.54 Å². The molecule has 0 atom stereocenters. The van der Waals surface area contributed by atoms with Gasteiger partial charge >= 0.3 is 0 Å². The quantitative estimate of drug-likeness (QED) is 0.664. The molecule has 0 aliphatic heterocycles. The Hall–Kier alpha value is -3.21. The fourth-order valence-electron chi connectivity index (χ4n) is 2.86. The van der Waals surface area contributed by atoms with Crippen LogP contribution in [0.4, 0.5) is 11.4 Å². The highest BCUT2D eigenvalue weighted by Crippen LogP contribution is 2.27. The molecule has 0 bridgehead atoms. The maximum Gasteiger partial charge on any atom is 0.274 e. The number of benzene rings is 1. The molecule has 5 nitrogen and oxygen atoms in total. The number of anilines is 2. The highest BCUT2D eigenvalue weighted by atomic mass is 16.1. The number of aryl methyl sites for hydroxylation is 1. The van der Waals surface area contributed by atoms with E-state index >= 15 is 0 Å². The second-order valence-corrected chi connectivity index (χ2v) is 6.79. The maximum atomic E-state index is 12.6. The first kappa shape index (κ1) is 18.6. The number of carbonyl (C=O) groups excluding carboxylic acids is 1. The monoisotopic (exact) mass is 360 g/mol. The zero-order valence-corrected chi connectivity index (χ0v) is 15.9. The van der Waals surface area contributed by atoms with Gasteiger partial charge in [0, 0.05) is 24.6 Å². The van der Waals surface area contributed by atoms with Crippen LogP contribution in [0.2, 0.25) is 0 Å². The van der Waals surface area contributed by atoms with Crippen molar-refractivity contribution < 1.29 is 4.79 Å². The van der Waals surface area contributed by atoms with E-state index in [1.165, 1.54) is 0 Å². The van der Waals surface area contributed by atoms with Crippen molar-refractivity contribution in [2.75, 3.05) is 10.6 Å². The lowest BCUT2D eigenvalue weighted by Gasteiger charge is -2.16. The molecular weight excluding hydrogens is 336 g/mol. The number of nitrogens with one attached hydrogen (secondary N) is 2. The molecule has 2 N–H and O–H groups in total. The van der Waals surface area contributed by atoms with Crippen LogP contribution in [0.3, 0.4) is 0 Å². The molecule has 3 rings (SSSR count). The van der Waals surface area contributed by atoms with Crippen molar-refractivity contribution in [3.8, 4) is 0 Å². The van der Waals surface area contributed by atoms with Crippen LogP contribution in [0, 0.1) is 6.92 Å². The smallest absolute Gasteiger partial charge is 0.274 e. The first-order chi connectivity index (χ1) is 13.0. The van der Waals surface area contributed by atoms with Crippen molar-refractivity contribution >= 4 is 17.3 Å². The highest BCUT2D eigenvalue weighted by Gasteiger charge is 2.14.